The largest absolute Gasteiger partial charge is 0.444 e. The molecule has 0 bridgehead atoms. The summed E-state index contributed by atoms with van der Waals surface area (Å²) < 4.78 is 20.4. The van der Waals surface area contributed by atoms with Gasteiger partial charge in [0.1, 0.15) is 12.1 Å². The summed E-state index contributed by atoms with van der Waals surface area (Å²) in [4.78, 5) is 13.8. The second-order valence-electron chi connectivity index (χ2n) is 6.24. The van der Waals surface area contributed by atoms with Gasteiger partial charge in [-0.2, -0.15) is 0 Å². The third-order valence-corrected chi connectivity index (χ3v) is 4.71. The van der Waals surface area contributed by atoms with Gasteiger partial charge in [-0.15, -0.1) is 0 Å². The van der Waals surface area contributed by atoms with E-state index >= 15 is 4.39 Å². The summed E-state index contributed by atoms with van der Waals surface area (Å²) in [6, 6.07) is 27.8. The first-order valence-electron chi connectivity index (χ1n) is 8.49. The highest BCUT2D eigenvalue weighted by atomic mass is 19.1. The molecule has 0 radical (unpaired) electrons. The minimum atomic E-state index is -1.46. The molecule has 0 N–H and O–H groups in total. The topological polar surface area (TPSA) is 29.3 Å². The highest BCUT2D eigenvalue weighted by molar-refractivity contribution is 5.76. The molecule has 1 aliphatic heterocycles. The molecule has 1 amide bonds. The zero-order valence-electron chi connectivity index (χ0n) is 14.1. The summed E-state index contributed by atoms with van der Waals surface area (Å²) in [5.41, 5.74) is 1.20. The third kappa shape index (κ3) is 2.64. The maximum Gasteiger partial charge on any atom is 0.413 e. The van der Waals surface area contributed by atoms with Crippen LogP contribution in [0.3, 0.4) is 0 Å². The Morgan fingerprint density at radius 1 is 0.846 bits per heavy atom. The van der Waals surface area contributed by atoms with E-state index in [1.54, 1.807) is 0 Å². The fourth-order valence-corrected chi connectivity index (χ4v) is 3.39. The molecule has 1 heterocycles. The first-order valence-corrected chi connectivity index (χ1v) is 8.49. The van der Waals surface area contributed by atoms with Gasteiger partial charge in [0, 0.05) is 0 Å². The molecule has 0 aromatic heterocycles. The van der Waals surface area contributed by atoms with E-state index in [2.05, 4.69) is 0 Å². The van der Waals surface area contributed by atoms with Gasteiger partial charge in [0.2, 0.25) is 6.30 Å². The number of nitrogens with zero attached hydrogens (tertiary/aromatic N) is 1. The van der Waals surface area contributed by atoms with Crippen molar-refractivity contribution in [3.63, 3.8) is 0 Å². The highest BCUT2D eigenvalue weighted by Gasteiger charge is 2.69. The van der Waals surface area contributed by atoms with Gasteiger partial charge in [0.05, 0.1) is 0 Å². The Kier molecular flexibility index (Phi) is 4.17. The van der Waals surface area contributed by atoms with Crippen LogP contribution >= 0.6 is 0 Å². The molecule has 0 saturated carbocycles. The van der Waals surface area contributed by atoms with E-state index in [0.717, 1.165) is 16.7 Å². The summed E-state index contributed by atoms with van der Waals surface area (Å²) in [6.07, 6.45) is -2.12. The van der Waals surface area contributed by atoms with Crippen LogP contribution in [0.1, 0.15) is 16.7 Å². The average molecular weight is 347 g/mol. The van der Waals surface area contributed by atoms with Gasteiger partial charge in [0.25, 0.3) is 0 Å². The van der Waals surface area contributed by atoms with Crippen LogP contribution in [-0.2, 0) is 16.9 Å². The molecule has 26 heavy (non-hydrogen) atoms. The number of ether oxygens (including phenoxy) is 1. The molecule has 3 nitrogen and oxygen atoms in total. The maximum atomic E-state index is 15.1. The predicted octanol–water partition coefficient (Wildman–Crippen LogP) is 4.88. The number of benzene rings is 3. The second kappa shape index (κ2) is 6.64. The van der Waals surface area contributed by atoms with Gasteiger partial charge >= 0.3 is 6.09 Å². The number of alkyl halides is 1. The normalized spacial score (nSPS) is 17.6. The van der Waals surface area contributed by atoms with Crippen LogP contribution in [0.25, 0.3) is 0 Å². The number of hydrogen-bond donors (Lipinski definition) is 0. The Balaban J connectivity index is 1.63. The second-order valence-corrected chi connectivity index (χ2v) is 6.24. The number of halogens is 1. The van der Waals surface area contributed by atoms with E-state index in [9.17, 15) is 4.79 Å². The monoisotopic (exact) mass is 347 g/mol. The Hall–Kier alpha value is -3.14. The summed E-state index contributed by atoms with van der Waals surface area (Å²) in [5, 5.41) is 0. The standard InChI is InChI=1S/C22H18FNO2/c23-20-22(18-12-6-2-7-13-18,19-14-8-3-9-15-19)24(20)21(25)26-16-17-10-4-1-5-11-17/h1-15,20H,16H2. The van der Waals surface area contributed by atoms with Crippen molar-refractivity contribution in [3.05, 3.63) is 108 Å². The van der Waals surface area contributed by atoms with Crippen LogP contribution < -0.4 is 0 Å². The minimum Gasteiger partial charge on any atom is -0.444 e. The lowest BCUT2D eigenvalue weighted by molar-refractivity contribution is 0.113. The van der Waals surface area contributed by atoms with Crippen molar-refractivity contribution in [2.45, 2.75) is 18.4 Å². The molecule has 130 valence electrons. The first-order chi connectivity index (χ1) is 12.7. The molecule has 1 aliphatic rings. The van der Waals surface area contributed by atoms with Crippen molar-refractivity contribution in [2.24, 2.45) is 0 Å². The number of carbonyl (C=O) groups is 1. The average Bonchev–Trinajstić information content (AvgIpc) is 3.34. The zero-order valence-corrected chi connectivity index (χ0v) is 14.1. The number of rotatable bonds is 4. The smallest absolute Gasteiger partial charge is 0.413 e. The van der Waals surface area contributed by atoms with Gasteiger partial charge in [-0.25, -0.2) is 9.18 Å². The lowest BCUT2D eigenvalue weighted by atomic mass is 9.90. The van der Waals surface area contributed by atoms with Gasteiger partial charge in [0.15, 0.2) is 0 Å². The van der Waals surface area contributed by atoms with Gasteiger partial charge in [-0.1, -0.05) is 91.0 Å². The molecule has 3 aromatic carbocycles. The van der Waals surface area contributed by atoms with E-state index < -0.39 is 17.9 Å². The maximum absolute atomic E-state index is 15.1. The predicted molar refractivity (Wildman–Crippen MR) is 97.0 cm³/mol. The molecule has 1 fully saturated rings. The summed E-state index contributed by atoms with van der Waals surface area (Å²) in [5.74, 6) is 0. The van der Waals surface area contributed by atoms with Crippen molar-refractivity contribution >= 4 is 6.09 Å². The first kappa shape index (κ1) is 16.3. The SMILES string of the molecule is O=C(OCc1ccccc1)N1C(F)C1(c1ccccc1)c1ccccc1. The van der Waals surface area contributed by atoms with Crippen LogP contribution in [0.2, 0.25) is 0 Å². The van der Waals surface area contributed by atoms with Crippen molar-refractivity contribution in [2.75, 3.05) is 0 Å². The highest BCUT2D eigenvalue weighted by Crippen LogP contribution is 2.55. The summed E-state index contributed by atoms with van der Waals surface area (Å²) in [6.45, 7) is 0.114. The third-order valence-electron chi connectivity index (χ3n) is 4.71. The number of hydrogen-bond acceptors (Lipinski definition) is 2. The Morgan fingerprint density at radius 2 is 1.31 bits per heavy atom. The van der Waals surface area contributed by atoms with Crippen molar-refractivity contribution < 1.29 is 13.9 Å². The summed E-state index contributed by atoms with van der Waals surface area (Å²) in [7, 11) is 0. The molecular formula is C22H18FNO2. The van der Waals surface area contributed by atoms with E-state index in [-0.39, 0.29) is 6.61 Å². The van der Waals surface area contributed by atoms with Crippen molar-refractivity contribution in [1.29, 1.82) is 0 Å². The van der Waals surface area contributed by atoms with Crippen LogP contribution in [0.4, 0.5) is 9.18 Å². The van der Waals surface area contributed by atoms with E-state index in [4.69, 9.17) is 4.74 Å². The van der Waals surface area contributed by atoms with E-state index in [1.807, 2.05) is 91.0 Å². The molecule has 1 saturated heterocycles. The minimum absolute atomic E-state index is 0.114. The molecule has 0 aliphatic carbocycles. The molecule has 4 rings (SSSR count). The Morgan fingerprint density at radius 3 is 1.81 bits per heavy atom. The lowest BCUT2D eigenvalue weighted by Gasteiger charge is -2.17. The zero-order chi connectivity index (χ0) is 18.0. The van der Waals surface area contributed by atoms with Crippen molar-refractivity contribution in [1.82, 2.24) is 4.90 Å². The fraction of sp³-hybridized carbons (Fsp3) is 0.136. The van der Waals surface area contributed by atoms with E-state index in [1.165, 1.54) is 4.90 Å². The number of carbonyl (C=O) groups excluding carboxylic acids is 1. The molecule has 4 heteroatoms. The van der Waals surface area contributed by atoms with Crippen LogP contribution in [0, 0.1) is 0 Å². The fourth-order valence-electron chi connectivity index (χ4n) is 3.39. The number of amides is 1. The van der Waals surface area contributed by atoms with Gasteiger partial charge in [-0.05, 0) is 16.7 Å². The quantitative estimate of drug-likeness (QED) is 0.497. The Bertz CT molecular complexity index is 844. The molecule has 0 spiro atoms. The van der Waals surface area contributed by atoms with Crippen LogP contribution in [0.5, 0.6) is 0 Å². The lowest BCUT2D eigenvalue weighted by Crippen LogP contribution is -2.23. The van der Waals surface area contributed by atoms with Crippen molar-refractivity contribution in [3.8, 4) is 0 Å². The molecular weight excluding hydrogens is 329 g/mol. The van der Waals surface area contributed by atoms with Gasteiger partial charge in [-0.3, -0.25) is 4.90 Å². The van der Waals surface area contributed by atoms with Gasteiger partial charge < -0.3 is 4.74 Å². The molecule has 3 aromatic rings. The van der Waals surface area contributed by atoms with Crippen LogP contribution in [-0.4, -0.2) is 17.3 Å². The Labute approximate surface area is 151 Å². The molecule has 1 unspecified atom stereocenters. The van der Waals surface area contributed by atoms with Crippen LogP contribution in [0.15, 0.2) is 91.0 Å². The molecule has 1 atom stereocenters. The van der Waals surface area contributed by atoms with E-state index in [0.29, 0.717) is 0 Å². The summed E-state index contributed by atoms with van der Waals surface area (Å²) >= 11 is 0.